The first-order valence-electron chi connectivity index (χ1n) is 13.0. The van der Waals surface area contributed by atoms with Crippen molar-refractivity contribution in [2.45, 2.75) is 0 Å². The standard InChI is InChI=1S/C32H29BF3N2O3/c1-37(2)28-17-5-10-22-11-6-18-29(31(22)28)38(3,4)32-27(36)16-9-19-30(32)41-33(39-25-14-7-12-23(34)20-25)40-26-15-8-13-24(35)21-26/h5-21H,1-4H3/q+1. The smallest absolute Gasteiger partial charge is 0.489 e. The monoisotopic (exact) mass is 557 g/mol. The minimum Gasteiger partial charge on any atom is -0.489 e. The van der Waals surface area contributed by atoms with Crippen LogP contribution in [0.1, 0.15) is 0 Å². The van der Waals surface area contributed by atoms with Crippen LogP contribution in [0.15, 0.2) is 103 Å². The molecule has 0 amide bonds. The Morgan fingerprint density at radius 2 is 1.22 bits per heavy atom. The number of para-hydroxylation sites is 1. The van der Waals surface area contributed by atoms with Crippen LogP contribution in [0.3, 0.4) is 0 Å². The van der Waals surface area contributed by atoms with Crippen LogP contribution in [0, 0.1) is 17.5 Å². The third-order valence-corrected chi connectivity index (χ3v) is 6.73. The largest absolute Gasteiger partial charge is 0.864 e. The highest BCUT2D eigenvalue weighted by molar-refractivity contribution is 6.39. The van der Waals surface area contributed by atoms with Gasteiger partial charge in [-0.2, -0.15) is 0 Å². The lowest BCUT2D eigenvalue weighted by molar-refractivity contribution is 0.303. The van der Waals surface area contributed by atoms with Crippen LogP contribution in [-0.4, -0.2) is 35.5 Å². The lowest BCUT2D eigenvalue weighted by atomic mass is 10.0. The van der Waals surface area contributed by atoms with Gasteiger partial charge in [0.05, 0.1) is 25.2 Å². The zero-order chi connectivity index (χ0) is 29.1. The van der Waals surface area contributed by atoms with E-state index in [1.54, 1.807) is 6.07 Å². The molecular weight excluding hydrogens is 528 g/mol. The van der Waals surface area contributed by atoms with Gasteiger partial charge in [-0.15, -0.1) is 0 Å². The zero-order valence-corrected chi connectivity index (χ0v) is 23.1. The number of anilines is 1. The highest BCUT2D eigenvalue weighted by atomic mass is 19.1. The van der Waals surface area contributed by atoms with Crippen molar-refractivity contribution in [3.63, 3.8) is 0 Å². The number of benzene rings is 5. The molecule has 5 aromatic rings. The molecule has 0 saturated heterocycles. The minimum atomic E-state index is -1.51. The molecule has 0 aliphatic heterocycles. The van der Waals surface area contributed by atoms with E-state index < -0.39 is 24.8 Å². The molecule has 0 spiro atoms. The average Bonchev–Trinajstić information content (AvgIpc) is 2.92. The summed E-state index contributed by atoms with van der Waals surface area (Å²) in [5.41, 5.74) is 2.02. The van der Waals surface area contributed by atoms with E-state index in [0.717, 1.165) is 34.3 Å². The van der Waals surface area contributed by atoms with Gasteiger partial charge in [-0.1, -0.05) is 42.5 Å². The molecule has 0 unspecified atom stereocenters. The van der Waals surface area contributed by atoms with Crippen LogP contribution in [0.25, 0.3) is 10.8 Å². The van der Waals surface area contributed by atoms with Crippen molar-refractivity contribution >= 4 is 35.2 Å². The maximum Gasteiger partial charge on any atom is 0.864 e. The molecule has 0 aromatic heterocycles. The van der Waals surface area contributed by atoms with E-state index in [2.05, 4.69) is 0 Å². The van der Waals surface area contributed by atoms with Gasteiger partial charge in [0.1, 0.15) is 28.8 Å². The van der Waals surface area contributed by atoms with Crippen molar-refractivity contribution in [3.05, 3.63) is 121 Å². The molecule has 0 aliphatic carbocycles. The quantitative estimate of drug-likeness (QED) is 0.137. The first-order valence-corrected chi connectivity index (χ1v) is 13.0. The van der Waals surface area contributed by atoms with Crippen LogP contribution >= 0.6 is 0 Å². The second-order valence-electron chi connectivity index (χ2n) is 10.1. The van der Waals surface area contributed by atoms with Crippen molar-refractivity contribution in [1.82, 2.24) is 4.48 Å². The number of halogens is 3. The summed E-state index contributed by atoms with van der Waals surface area (Å²) in [6, 6.07) is 27.3. The maximum absolute atomic E-state index is 15.8. The van der Waals surface area contributed by atoms with E-state index in [0.29, 0.717) is 0 Å². The topological polar surface area (TPSA) is 30.9 Å². The Morgan fingerprint density at radius 3 is 1.80 bits per heavy atom. The van der Waals surface area contributed by atoms with E-state index in [9.17, 15) is 8.78 Å². The molecule has 0 saturated carbocycles. The Kier molecular flexibility index (Phi) is 7.81. The SMILES string of the molecule is CN(C)c1cccc2cccc([N+](C)(C)c3c(F)cccc3OB(Oc3cccc(F)c3)Oc3cccc(F)c3)c12. The van der Waals surface area contributed by atoms with Gasteiger partial charge in [0.25, 0.3) is 0 Å². The van der Waals surface area contributed by atoms with Crippen molar-refractivity contribution in [1.29, 1.82) is 0 Å². The fourth-order valence-electron chi connectivity index (χ4n) is 4.87. The van der Waals surface area contributed by atoms with Crippen molar-refractivity contribution in [2.24, 2.45) is 0 Å². The molecule has 5 rings (SSSR count). The van der Waals surface area contributed by atoms with Gasteiger partial charge in [-0.25, -0.2) is 13.2 Å². The molecule has 0 aliphatic rings. The lowest BCUT2D eigenvalue weighted by Crippen LogP contribution is -2.40. The number of quaternary nitrogens is 1. The predicted octanol–water partition coefficient (Wildman–Crippen LogP) is 7.74. The molecule has 5 aromatic carbocycles. The van der Waals surface area contributed by atoms with Crippen molar-refractivity contribution < 1.29 is 27.1 Å². The summed E-state index contributed by atoms with van der Waals surface area (Å²) in [6.07, 6.45) is 0. The zero-order valence-electron chi connectivity index (χ0n) is 23.1. The van der Waals surface area contributed by atoms with Gasteiger partial charge >= 0.3 is 7.32 Å². The summed E-state index contributed by atoms with van der Waals surface area (Å²) in [4.78, 5) is 2.01. The van der Waals surface area contributed by atoms with E-state index in [-0.39, 0.29) is 27.4 Å². The summed E-state index contributed by atoms with van der Waals surface area (Å²) in [5, 5.41) is 1.96. The molecule has 208 valence electrons. The summed E-state index contributed by atoms with van der Waals surface area (Å²) < 4.78 is 61.5. The third-order valence-electron chi connectivity index (χ3n) is 6.73. The Hall–Kier alpha value is -4.63. The fourth-order valence-corrected chi connectivity index (χ4v) is 4.87. The Bertz CT molecular complexity index is 1640. The molecule has 41 heavy (non-hydrogen) atoms. The van der Waals surface area contributed by atoms with Gasteiger partial charge in [-0.05, 0) is 47.9 Å². The number of nitrogens with zero attached hydrogens (tertiary/aromatic N) is 2. The normalized spacial score (nSPS) is 11.3. The predicted molar refractivity (Wildman–Crippen MR) is 158 cm³/mol. The van der Waals surface area contributed by atoms with Gasteiger partial charge in [0, 0.05) is 32.3 Å². The minimum absolute atomic E-state index is 0.0309. The van der Waals surface area contributed by atoms with E-state index in [4.69, 9.17) is 14.0 Å². The Morgan fingerprint density at radius 1 is 0.659 bits per heavy atom. The Labute approximate surface area is 237 Å². The van der Waals surface area contributed by atoms with E-state index in [1.807, 2.05) is 69.5 Å². The summed E-state index contributed by atoms with van der Waals surface area (Å²) >= 11 is 0. The summed E-state index contributed by atoms with van der Waals surface area (Å²) in [7, 11) is 6.14. The summed E-state index contributed by atoms with van der Waals surface area (Å²) in [5.74, 6) is -1.20. The van der Waals surface area contributed by atoms with Gasteiger partial charge in [0.2, 0.25) is 5.69 Å². The Balaban J connectivity index is 1.60. The van der Waals surface area contributed by atoms with Crippen LogP contribution in [-0.2, 0) is 0 Å². The van der Waals surface area contributed by atoms with Crippen LogP contribution in [0.5, 0.6) is 17.2 Å². The summed E-state index contributed by atoms with van der Waals surface area (Å²) in [6.45, 7) is 0. The van der Waals surface area contributed by atoms with Gasteiger partial charge in [-0.3, -0.25) is 4.48 Å². The molecule has 9 heteroatoms. The number of rotatable bonds is 9. The molecule has 0 heterocycles. The van der Waals surface area contributed by atoms with Gasteiger partial charge in [0.15, 0.2) is 11.6 Å². The van der Waals surface area contributed by atoms with Crippen molar-refractivity contribution in [3.8, 4) is 17.2 Å². The first kappa shape index (κ1) is 27.9. The van der Waals surface area contributed by atoms with Crippen LogP contribution < -0.4 is 23.3 Å². The molecule has 0 N–H and O–H groups in total. The van der Waals surface area contributed by atoms with Crippen molar-refractivity contribution in [2.75, 3.05) is 33.1 Å². The molecule has 0 bridgehead atoms. The number of fused-ring (bicyclic) bond motifs is 1. The lowest BCUT2D eigenvalue weighted by Gasteiger charge is -2.32. The second kappa shape index (κ2) is 11.5. The first-order chi connectivity index (χ1) is 19.6. The molecule has 0 fully saturated rings. The molecular formula is C32H29BF3N2O3+. The molecule has 0 atom stereocenters. The molecule has 0 radical (unpaired) electrons. The third kappa shape index (κ3) is 5.95. The van der Waals surface area contributed by atoms with E-state index in [1.165, 1.54) is 48.5 Å². The van der Waals surface area contributed by atoms with Crippen LogP contribution in [0.4, 0.5) is 30.2 Å². The fraction of sp³-hybridized carbons (Fsp3) is 0.125. The highest BCUT2D eigenvalue weighted by Gasteiger charge is 2.38. The number of hydrogen-bond acceptors (Lipinski definition) is 4. The van der Waals surface area contributed by atoms with Gasteiger partial charge < -0.3 is 18.9 Å². The maximum atomic E-state index is 15.8. The number of hydrogen-bond donors (Lipinski definition) is 0. The highest BCUT2D eigenvalue weighted by Crippen LogP contribution is 2.45. The van der Waals surface area contributed by atoms with Crippen LogP contribution in [0.2, 0.25) is 0 Å². The average molecular weight is 557 g/mol. The molecule has 5 nitrogen and oxygen atoms in total. The second-order valence-corrected chi connectivity index (χ2v) is 10.1. The van der Waals surface area contributed by atoms with E-state index >= 15 is 4.39 Å².